The molecular formula is C22H35N3O2. The van der Waals surface area contributed by atoms with Gasteiger partial charge >= 0.3 is 0 Å². The van der Waals surface area contributed by atoms with Gasteiger partial charge in [-0.2, -0.15) is 0 Å². The Balaban J connectivity index is 1.26. The van der Waals surface area contributed by atoms with Crippen molar-refractivity contribution in [1.82, 2.24) is 14.7 Å². The first-order valence-corrected chi connectivity index (χ1v) is 10.5. The van der Waals surface area contributed by atoms with E-state index in [1.54, 1.807) is 0 Å². The molecule has 3 heterocycles. The Labute approximate surface area is 164 Å². The second-order valence-corrected chi connectivity index (χ2v) is 9.59. The molecule has 4 rings (SSSR count). The Morgan fingerprint density at radius 1 is 0.963 bits per heavy atom. The summed E-state index contributed by atoms with van der Waals surface area (Å²) in [5.41, 5.74) is 1.72. The summed E-state index contributed by atoms with van der Waals surface area (Å²) in [6.07, 6.45) is 2.71. The Kier molecular flexibility index (Phi) is 5.62. The molecule has 1 aromatic carbocycles. The Bertz CT molecular complexity index is 635. The van der Waals surface area contributed by atoms with E-state index in [0.29, 0.717) is 12.2 Å². The van der Waals surface area contributed by atoms with Gasteiger partial charge in [0.1, 0.15) is 0 Å². The monoisotopic (exact) mass is 373 g/mol. The van der Waals surface area contributed by atoms with Crippen LogP contribution in [-0.2, 0) is 6.54 Å². The van der Waals surface area contributed by atoms with Crippen molar-refractivity contribution in [2.45, 2.75) is 46.2 Å². The smallest absolute Gasteiger partial charge is 0.231 e. The zero-order chi connectivity index (χ0) is 18.9. The Morgan fingerprint density at radius 2 is 1.74 bits per heavy atom. The van der Waals surface area contributed by atoms with Crippen LogP contribution >= 0.6 is 0 Å². The first kappa shape index (κ1) is 19.0. The summed E-state index contributed by atoms with van der Waals surface area (Å²) in [6, 6.07) is 7.10. The minimum Gasteiger partial charge on any atom is -0.454 e. The molecule has 3 aliphatic heterocycles. The van der Waals surface area contributed by atoms with E-state index in [1.807, 2.05) is 6.07 Å². The van der Waals surface area contributed by atoms with Gasteiger partial charge < -0.3 is 14.4 Å². The molecule has 5 heteroatoms. The SMILES string of the molecule is CC(C)(C)CN1CCC[C@H](N2CCN(Cc3ccc4c(c3)OCO4)CC2)C1. The number of hydrogen-bond acceptors (Lipinski definition) is 5. The van der Waals surface area contributed by atoms with E-state index in [-0.39, 0.29) is 0 Å². The lowest BCUT2D eigenvalue weighted by Crippen LogP contribution is -2.55. The molecule has 0 bridgehead atoms. The molecule has 0 saturated carbocycles. The van der Waals surface area contributed by atoms with Crippen LogP contribution < -0.4 is 9.47 Å². The van der Waals surface area contributed by atoms with Gasteiger partial charge in [0.15, 0.2) is 11.5 Å². The maximum absolute atomic E-state index is 5.52. The number of benzene rings is 1. The predicted molar refractivity (Wildman–Crippen MR) is 108 cm³/mol. The highest BCUT2D eigenvalue weighted by molar-refractivity contribution is 5.44. The summed E-state index contributed by atoms with van der Waals surface area (Å²) in [7, 11) is 0. The second-order valence-electron chi connectivity index (χ2n) is 9.59. The van der Waals surface area contributed by atoms with Gasteiger partial charge in [0.05, 0.1) is 0 Å². The van der Waals surface area contributed by atoms with Crippen molar-refractivity contribution >= 4 is 0 Å². The zero-order valence-corrected chi connectivity index (χ0v) is 17.2. The quantitative estimate of drug-likeness (QED) is 0.809. The summed E-state index contributed by atoms with van der Waals surface area (Å²) < 4.78 is 10.9. The van der Waals surface area contributed by atoms with Crippen LogP contribution in [0.1, 0.15) is 39.2 Å². The molecule has 0 N–H and O–H groups in total. The van der Waals surface area contributed by atoms with Crippen molar-refractivity contribution in [2.75, 3.05) is 52.6 Å². The topological polar surface area (TPSA) is 28.2 Å². The predicted octanol–water partition coefficient (Wildman–Crippen LogP) is 3.04. The van der Waals surface area contributed by atoms with Crippen LogP contribution in [0.4, 0.5) is 0 Å². The molecule has 2 fully saturated rings. The molecule has 0 amide bonds. The Hall–Kier alpha value is -1.30. The molecule has 0 aliphatic carbocycles. The number of likely N-dealkylation sites (tertiary alicyclic amines) is 1. The van der Waals surface area contributed by atoms with Crippen LogP contribution in [0.5, 0.6) is 11.5 Å². The maximum Gasteiger partial charge on any atom is 0.231 e. The van der Waals surface area contributed by atoms with Gasteiger partial charge in [-0.15, -0.1) is 0 Å². The van der Waals surface area contributed by atoms with Gasteiger partial charge in [-0.05, 0) is 42.5 Å². The van der Waals surface area contributed by atoms with Crippen molar-refractivity contribution in [2.24, 2.45) is 5.41 Å². The number of piperidine rings is 1. The second kappa shape index (κ2) is 7.98. The molecule has 1 atom stereocenters. The van der Waals surface area contributed by atoms with E-state index in [0.717, 1.165) is 37.2 Å². The molecule has 0 aromatic heterocycles. The van der Waals surface area contributed by atoms with Gasteiger partial charge in [0, 0.05) is 51.9 Å². The van der Waals surface area contributed by atoms with Crippen LogP contribution in [0.25, 0.3) is 0 Å². The number of rotatable bonds is 4. The van der Waals surface area contributed by atoms with Crippen molar-refractivity contribution in [3.8, 4) is 11.5 Å². The highest BCUT2D eigenvalue weighted by Gasteiger charge is 2.29. The van der Waals surface area contributed by atoms with Gasteiger partial charge in [-0.3, -0.25) is 9.80 Å². The number of ether oxygens (including phenoxy) is 2. The van der Waals surface area contributed by atoms with E-state index in [4.69, 9.17) is 9.47 Å². The van der Waals surface area contributed by atoms with Gasteiger partial charge in [-0.25, -0.2) is 0 Å². The van der Waals surface area contributed by atoms with E-state index in [2.05, 4.69) is 47.6 Å². The van der Waals surface area contributed by atoms with Crippen molar-refractivity contribution in [3.63, 3.8) is 0 Å². The van der Waals surface area contributed by atoms with Crippen LogP contribution in [0.3, 0.4) is 0 Å². The summed E-state index contributed by atoms with van der Waals surface area (Å²) in [4.78, 5) is 8.00. The lowest BCUT2D eigenvalue weighted by Gasteiger charge is -2.44. The number of fused-ring (bicyclic) bond motifs is 1. The fourth-order valence-corrected chi connectivity index (χ4v) is 4.73. The number of hydrogen-bond donors (Lipinski definition) is 0. The average Bonchev–Trinajstić information content (AvgIpc) is 3.09. The molecule has 0 radical (unpaired) electrons. The van der Waals surface area contributed by atoms with Gasteiger partial charge in [0.2, 0.25) is 6.79 Å². The van der Waals surface area contributed by atoms with Crippen LogP contribution in [0, 0.1) is 5.41 Å². The standard InChI is InChI=1S/C22H35N3O2/c1-22(2,3)16-24-8-4-5-19(15-24)25-11-9-23(10-12-25)14-18-6-7-20-21(13-18)27-17-26-20/h6-7,13,19H,4-5,8-12,14-17H2,1-3H3/t19-/m0/s1. The largest absolute Gasteiger partial charge is 0.454 e. The minimum atomic E-state index is 0.352. The van der Waals surface area contributed by atoms with Crippen molar-refractivity contribution < 1.29 is 9.47 Å². The molecule has 2 saturated heterocycles. The lowest BCUT2D eigenvalue weighted by molar-refractivity contribution is 0.0404. The zero-order valence-electron chi connectivity index (χ0n) is 17.2. The first-order valence-electron chi connectivity index (χ1n) is 10.5. The van der Waals surface area contributed by atoms with Crippen molar-refractivity contribution in [3.05, 3.63) is 23.8 Å². The third-order valence-corrected chi connectivity index (χ3v) is 5.95. The van der Waals surface area contributed by atoms with E-state index >= 15 is 0 Å². The summed E-state index contributed by atoms with van der Waals surface area (Å²) in [5.74, 6) is 1.77. The fourth-order valence-electron chi connectivity index (χ4n) is 4.73. The van der Waals surface area contributed by atoms with Crippen LogP contribution in [-0.4, -0.2) is 73.3 Å². The number of nitrogens with zero attached hydrogens (tertiary/aromatic N) is 3. The molecule has 150 valence electrons. The first-order chi connectivity index (χ1) is 13.0. The highest BCUT2D eigenvalue weighted by Crippen LogP contribution is 2.33. The third-order valence-electron chi connectivity index (χ3n) is 5.95. The normalized spacial score (nSPS) is 25.1. The molecular weight excluding hydrogens is 338 g/mol. The highest BCUT2D eigenvalue weighted by atomic mass is 16.7. The minimum absolute atomic E-state index is 0.352. The molecule has 0 spiro atoms. The Morgan fingerprint density at radius 3 is 2.52 bits per heavy atom. The van der Waals surface area contributed by atoms with E-state index in [9.17, 15) is 0 Å². The summed E-state index contributed by atoms with van der Waals surface area (Å²) in [6.45, 7) is 16.9. The average molecular weight is 374 g/mol. The summed E-state index contributed by atoms with van der Waals surface area (Å²) in [5, 5.41) is 0. The summed E-state index contributed by atoms with van der Waals surface area (Å²) >= 11 is 0. The molecule has 3 aliphatic rings. The molecule has 1 aromatic rings. The fraction of sp³-hybridized carbons (Fsp3) is 0.727. The third kappa shape index (κ3) is 4.95. The van der Waals surface area contributed by atoms with Gasteiger partial charge in [0.25, 0.3) is 0 Å². The van der Waals surface area contributed by atoms with Crippen molar-refractivity contribution in [1.29, 1.82) is 0 Å². The molecule has 27 heavy (non-hydrogen) atoms. The van der Waals surface area contributed by atoms with Crippen LogP contribution in [0.2, 0.25) is 0 Å². The van der Waals surface area contributed by atoms with Crippen LogP contribution in [0.15, 0.2) is 18.2 Å². The lowest BCUT2D eigenvalue weighted by atomic mass is 9.94. The van der Waals surface area contributed by atoms with Gasteiger partial charge in [-0.1, -0.05) is 26.8 Å². The molecule has 0 unspecified atom stereocenters. The number of piperazine rings is 1. The maximum atomic E-state index is 5.52. The van der Waals surface area contributed by atoms with E-state index < -0.39 is 0 Å². The molecule has 5 nitrogen and oxygen atoms in total. The van der Waals surface area contributed by atoms with E-state index in [1.165, 1.54) is 51.1 Å².